The third-order valence-corrected chi connectivity index (χ3v) is 1.38. The third-order valence-electron chi connectivity index (χ3n) is 1.38. The molecule has 5 nitrogen and oxygen atoms in total. The monoisotopic (exact) mass is 244 g/mol. The van der Waals surface area contributed by atoms with Gasteiger partial charge in [-0.3, -0.25) is 9.97 Å². The molecule has 80 valence electrons. The standard InChI is InChI=1S/C8H6N2.H3O3PS/c1-2-4-8-7(3-1)9-5-6-10-8;1-4(2,3)5/h1-6H;(H3,1,2,3,5). The Kier molecular flexibility index (Phi) is 4.26. The van der Waals surface area contributed by atoms with Crippen LogP contribution in [-0.2, 0) is 11.8 Å². The predicted molar refractivity (Wildman–Crippen MR) is 60.5 cm³/mol. The first-order chi connectivity index (χ1) is 6.97. The SMILES string of the molecule is OP(O)(O)=S.c1ccc2nccnc2c1. The van der Waals surface area contributed by atoms with Gasteiger partial charge in [0.15, 0.2) is 0 Å². The summed E-state index contributed by atoms with van der Waals surface area (Å²) in [6.45, 7) is -3.81. The van der Waals surface area contributed by atoms with E-state index in [9.17, 15) is 0 Å². The Morgan fingerprint density at radius 2 is 1.27 bits per heavy atom. The Morgan fingerprint density at radius 3 is 1.60 bits per heavy atom. The number of hydrogen-bond acceptors (Lipinski definition) is 3. The maximum atomic E-state index is 7.56. The first kappa shape index (κ1) is 12.2. The fourth-order valence-corrected chi connectivity index (χ4v) is 0.910. The van der Waals surface area contributed by atoms with Crippen LogP contribution in [0.4, 0.5) is 0 Å². The van der Waals surface area contributed by atoms with Gasteiger partial charge in [-0.2, -0.15) is 0 Å². The molecule has 0 aliphatic carbocycles. The fourth-order valence-electron chi connectivity index (χ4n) is 0.910. The fraction of sp³-hybridized carbons (Fsp3) is 0. The highest BCUT2D eigenvalue weighted by Crippen LogP contribution is 2.26. The normalized spacial score (nSPS) is 10.6. The number of benzene rings is 1. The van der Waals surface area contributed by atoms with E-state index < -0.39 is 6.72 Å². The minimum atomic E-state index is -3.81. The maximum Gasteiger partial charge on any atom is 0.319 e. The Morgan fingerprint density at radius 1 is 0.933 bits per heavy atom. The molecular formula is C8H9N2O3PS. The summed E-state index contributed by atoms with van der Waals surface area (Å²) in [4.78, 5) is 30.9. The number of rotatable bonds is 0. The average Bonchev–Trinajstić information content (AvgIpc) is 2.16. The summed E-state index contributed by atoms with van der Waals surface area (Å²) in [6, 6.07) is 7.80. The summed E-state index contributed by atoms with van der Waals surface area (Å²) < 4.78 is 0. The lowest BCUT2D eigenvalue weighted by molar-refractivity contribution is 0.363. The van der Waals surface area contributed by atoms with Crippen molar-refractivity contribution in [2.24, 2.45) is 0 Å². The van der Waals surface area contributed by atoms with Crippen LogP contribution in [0, 0.1) is 0 Å². The van der Waals surface area contributed by atoms with Gasteiger partial charge < -0.3 is 14.7 Å². The van der Waals surface area contributed by atoms with E-state index >= 15 is 0 Å². The number of aromatic nitrogens is 2. The molecule has 0 unspecified atom stereocenters. The molecule has 1 aromatic heterocycles. The number of para-hydroxylation sites is 2. The molecular weight excluding hydrogens is 235 g/mol. The predicted octanol–water partition coefficient (Wildman–Crippen LogP) is 0.818. The van der Waals surface area contributed by atoms with Crippen molar-refractivity contribution < 1.29 is 14.7 Å². The molecule has 1 aromatic carbocycles. The molecule has 0 saturated carbocycles. The van der Waals surface area contributed by atoms with Crippen LogP contribution in [0.25, 0.3) is 11.0 Å². The van der Waals surface area contributed by atoms with Crippen LogP contribution < -0.4 is 0 Å². The molecule has 0 saturated heterocycles. The van der Waals surface area contributed by atoms with Gasteiger partial charge in [0.25, 0.3) is 0 Å². The van der Waals surface area contributed by atoms with Crippen molar-refractivity contribution in [2.75, 3.05) is 0 Å². The van der Waals surface area contributed by atoms with E-state index in [1.54, 1.807) is 12.4 Å². The van der Waals surface area contributed by atoms with E-state index in [4.69, 9.17) is 14.7 Å². The summed E-state index contributed by atoms with van der Waals surface area (Å²) in [5, 5.41) is 0. The second-order valence-electron chi connectivity index (χ2n) is 2.56. The van der Waals surface area contributed by atoms with Gasteiger partial charge in [-0.1, -0.05) is 12.1 Å². The highest BCUT2D eigenvalue weighted by Gasteiger charge is 1.92. The van der Waals surface area contributed by atoms with Crippen molar-refractivity contribution >= 4 is 29.6 Å². The van der Waals surface area contributed by atoms with Crippen molar-refractivity contribution in [3.63, 3.8) is 0 Å². The number of hydrogen-bond donors (Lipinski definition) is 3. The maximum absolute atomic E-state index is 7.56. The quantitative estimate of drug-likeness (QED) is 0.595. The van der Waals surface area contributed by atoms with Crippen molar-refractivity contribution in [3.05, 3.63) is 36.7 Å². The molecule has 15 heavy (non-hydrogen) atoms. The zero-order valence-corrected chi connectivity index (χ0v) is 9.27. The first-order valence-electron chi connectivity index (χ1n) is 3.91. The molecule has 0 amide bonds. The van der Waals surface area contributed by atoms with E-state index in [1.165, 1.54) is 0 Å². The lowest BCUT2D eigenvalue weighted by Gasteiger charge is -1.90. The van der Waals surface area contributed by atoms with Gasteiger partial charge in [-0.15, -0.1) is 0 Å². The molecule has 0 aliphatic rings. The molecule has 0 fully saturated rings. The molecule has 3 N–H and O–H groups in total. The molecule has 1 heterocycles. The van der Waals surface area contributed by atoms with Crippen molar-refractivity contribution in [3.8, 4) is 0 Å². The van der Waals surface area contributed by atoms with E-state index in [0.717, 1.165) is 11.0 Å². The van der Waals surface area contributed by atoms with Crippen LogP contribution in [0.1, 0.15) is 0 Å². The van der Waals surface area contributed by atoms with Gasteiger partial charge in [0, 0.05) is 12.4 Å². The second-order valence-corrected chi connectivity index (χ2v) is 5.05. The zero-order chi connectivity index (χ0) is 11.3. The van der Waals surface area contributed by atoms with Crippen LogP contribution in [0.2, 0.25) is 0 Å². The highest BCUT2D eigenvalue weighted by molar-refractivity contribution is 8.06. The molecule has 0 atom stereocenters. The van der Waals surface area contributed by atoms with Gasteiger partial charge in [0.2, 0.25) is 0 Å². The summed E-state index contributed by atoms with van der Waals surface area (Å²) in [5.74, 6) is 0. The van der Waals surface area contributed by atoms with Crippen LogP contribution >= 0.6 is 6.72 Å². The number of fused-ring (bicyclic) bond motifs is 1. The summed E-state index contributed by atoms with van der Waals surface area (Å²) in [5.41, 5.74) is 1.90. The Hall–Kier alpha value is -0.910. The summed E-state index contributed by atoms with van der Waals surface area (Å²) in [7, 11) is 0. The Labute approximate surface area is 91.3 Å². The summed E-state index contributed by atoms with van der Waals surface area (Å²) in [6.07, 6.45) is 3.39. The average molecular weight is 244 g/mol. The lowest BCUT2D eigenvalue weighted by atomic mass is 10.3. The zero-order valence-electron chi connectivity index (χ0n) is 7.56. The molecule has 2 aromatic rings. The van der Waals surface area contributed by atoms with Crippen LogP contribution in [0.3, 0.4) is 0 Å². The molecule has 0 bridgehead atoms. The summed E-state index contributed by atoms with van der Waals surface area (Å²) >= 11 is 3.60. The molecule has 0 spiro atoms. The molecule has 7 heteroatoms. The van der Waals surface area contributed by atoms with Gasteiger partial charge >= 0.3 is 6.72 Å². The second kappa shape index (κ2) is 5.25. The highest BCUT2D eigenvalue weighted by atomic mass is 32.5. The Bertz CT molecular complexity index is 414. The molecule has 2 rings (SSSR count). The van der Waals surface area contributed by atoms with Gasteiger partial charge in [0.1, 0.15) is 0 Å². The van der Waals surface area contributed by atoms with Gasteiger partial charge in [0.05, 0.1) is 11.0 Å². The van der Waals surface area contributed by atoms with Crippen LogP contribution in [-0.4, -0.2) is 24.6 Å². The smallest absolute Gasteiger partial charge is 0.319 e. The minimum absolute atomic E-state index is 0.949. The minimum Gasteiger partial charge on any atom is -0.325 e. The Balaban J connectivity index is 0.000000195. The molecule has 0 radical (unpaired) electrons. The largest absolute Gasteiger partial charge is 0.325 e. The topological polar surface area (TPSA) is 86.5 Å². The van der Waals surface area contributed by atoms with E-state index in [0.29, 0.717) is 0 Å². The van der Waals surface area contributed by atoms with E-state index in [2.05, 4.69) is 21.8 Å². The van der Waals surface area contributed by atoms with E-state index in [-0.39, 0.29) is 0 Å². The van der Waals surface area contributed by atoms with Crippen molar-refractivity contribution in [2.45, 2.75) is 0 Å². The lowest BCUT2D eigenvalue weighted by Crippen LogP contribution is -1.78. The van der Waals surface area contributed by atoms with Crippen LogP contribution in [0.5, 0.6) is 0 Å². The van der Waals surface area contributed by atoms with Gasteiger partial charge in [-0.05, 0) is 23.9 Å². The first-order valence-corrected chi connectivity index (χ1v) is 6.57. The van der Waals surface area contributed by atoms with Crippen LogP contribution in [0.15, 0.2) is 36.7 Å². The van der Waals surface area contributed by atoms with Crippen molar-refractivity contribution in [1.29, 1.82) is 0 Å². The molecule has 0 aliphatic heterocycles. The van der Waals surface area contributed by atoms with E-state index in [1.807, 2.05) is 24.3 Å². The van der Waals surface area contributed by atoms with Gasteiger partial charge in [-0.25, -0.2) is 0 Å². The van der Waals surface area contributed by atoms with Crippen molar-refractivity contribution in [1.82, 2.24) is 9.97 Å². The number of nitrogens with zero attached hydrogens (tertiary/aromatic N) is 2. The third kappa shape index (κ3) is 5.51.